The van der Waals surface area contributed by atoms with Crippen LogP contribution in [0.1, 0.15) is 30.9 Å². The van der Waals surface area contributed by atoms with E-state index in [1.807, 2.05) is 67.6 Å². The van der Waals surface area contributed by atoms with E-state index in [9.17, 15) is 14.4 Å². The lowest BCUT2D eigenvalue weighted by molar-refractivity contribution is -0.151. The van der Waals surface area contributed by atoms with Gasteiger partial charge in [-0.2, -0.15) is 0 Å². The van der Waals surface area contributed by atoms with E-state index < -0.39 is 23.3 Å². The van der Waals surface area contributed by atoms with Crippen molar-refractivity contribution in [2.75, 3.05) is 6.54 Å². The summed E-state index contributed by atoms with van der Waals surface area (Å²) < 4.78 is 0. The molecule has 140 valence electrons. The molecule has 5 heteroatoms. The summed E-state index contributed by atoms with van der Waals surface area (Å²) in [7, 11) is 0. The zero-order valence-corrected chi connectivity index (χ0v) is 15.5. The lowest BCUT2D eigenvalue weighted by atomic mass is 9.73. The van der Waals surface area contributed by atoms with Gasteiger partial charge in [0.05, 0.1) is 0 Å². The summed E-state index contributed by atoms with van der Waals surface area (Å²) >= 11 is 0. The fourth-order valence-corrected chi connectivity index (χ4v) is 3.51. The molecule has 2 aromatic rings. The average molecular weight is 364 g/mol. The zero-order chi connectivity index (χ0) is 19.3. The van der Waals surface area contributed by atoms with E-state index in [0.717, 1.165) is 17.5 Å². The molecule has 4 amide bonds. The van der Waals surface area contributed by atoms with E-state index in [1.54, 1.807) is 0 Å². The largest absolute Gasteiger partial charge is 0.330 e. The Hall–Kier alpha value is -2.95. The number of rotatable bonds is 7. The number of nitrogens with one attached hydrogen (secondary N) is 1. The van der Waals surface area contributed by atoms with E-state index in [1.165, 1.54) is 4.90 Å². The Balaban J connectivity index is 2.02. The second kappa shape index (κ2) is 8.16. The zero-order valence-electron chi connectivity index (χ0n) is 15.5. The average Bonchev–Trinajstić information content (AvgIpc) is 2.68. The molecular formula is C22H24N2O3. The Morgan fingerprint density at radius 2 is 1.37 bits per heavy atom. The van der Waals surface area contributed by atoms with Crippen molar-refractivity contribution >= 4 is 17.8 Å². The minimum absolute atomic E-state index is 0.253. The van der Waals surface area contributed by atoms with Crippen LogP contribution in [0.5, 0.6) is 0 Å². The Morgan fingerprint density at radius 1 is 0.852 bits per heavy atom. The molecule has 0 atom stereocenters. The number of amides is 4. The number of imide groups is 2. The van der Waals surface area contributed by atoms with Gasteiger partial charge in [0.2, 0.25) is 11.8 Å². The summed E-state index contributed by atoms with van der Waals surface area (Å²) in [5, 5.41) is 2.43. The van der Waals surface area contributed by atoms with E-state index in [0.29, 0.717) is 13.0 Å². The van der Waals surface area contributed by atoms with E-state index in [4.69, 9.17) is 0 Å². The van der Waals surface area contributed by atoms with Gasteiger partial charge in [0, 0.05) is 6.54 Å². The molecule has 1 heterocycles. The van der Waals surface area contributed by atoms with Crippen LogP contribution in [0.2, 0.25) is 0 Å². The van der Waals surface area contributed by atoms with Crippen molar-refractivity contribution in [2.24, 2.45) is 5.41 Å². The van der Waals surface area contributed by atoms with Crippen molar-refractivity contribution in [3.05, 3.63) is 71.8 Å². The van der Waals surface area contributed by atoms with Gasteiger partial charge in [-0.05, 0) is 30.4 Å². The summed E-state index contributed by atoms with van der Waals surface area (Å²) in [6.07, 6.45) is 2.07. The predicted octanol–water partition coefficient (Wildman–Crippen LogP) is 3.34. The first-order chi connectivity index (χ1) is 13.1. The minimum atomic E-state index is -1.33. The van der Waals surface area contributed by atoms with Crippen LogP contribution >= 0.6 is 0 Å². The molecule has 5 nitrogen and oxygen atoms in total. The van der Waals surface area contributed by atoms with Crippen LogP contribution in [-0.2, 0) is 22.4 Å². The molecule has 0 aliphatic carbocycles. The van der Waals surface area contributed by atoms with Crippen molar-refractivity contribution in [1.82, 2.24) is 10.2 Å². The summed E-state index contributed by atoms with van der Waals surface area (Å²) in [6, 6.07) is 18.3. The lowest BCUT2D eigenvalue weighted by Gasteiger charge is -2.39. The van der Waals surface area contributed by atoms with Crippen molar-refractivity contribution < 1.29 is 14.4 Å². The van der Waals surface area contributed by atoms with Gasteiger partial charge in [-0.3, -0.25) is 19.8 Å². The molecule has 1 N–H and O–H groups in total. The number of unbranched alkanes of at least 4 members (excludes halogenated alkanes) is 1. The van der Waals surface area contributed by atoms with Crippen LogP contribution in [0.4, 0.5) is 4.79 Å². The van der Waals surface area contributed by atoms with Gasteiger partial charge < -0.3 is 0 Å². The second-order valence-corrected chi connectivity index (χ2v) is 6.98. The second-order valence-electron chi connectivity index (χ2n) is 6.98. The SMILES string of the molecule is CCCCN1C(=O)NC(=O)C(Cc2ccccc2)(Cc2ccccc2)C1=O. The first kappa shape index (κ1) is 18.8. The van der Waals surface area contributed by atoms with Gasteiger partial charge in [0.25, 0.3) is 0 Å². The Bertz CT molecular complexity index is 776. The number of hydrogen-bond acceptors (Lipinski definition) is 3. The molecule has 0 spiro atoms. The Kier molecular flexibility index (Phi) is 5.69. The molecule has 1 aliphatic heterocycles. The molecule has 0 radical (unpaired) electrons. The van der Waals surface area contributed by atoms with Crippen LogP contribution in [0, 0.1) is 5.41 Å². The highest BCUT2D eigenvalue weighted by molar-refractivity contribution is 6.19. The third-order valence-electron chi connectivity index (χ3n) is 4.99. The molecule has 0 unspecified atom stereocenters. The molecule has 0 saturated carbocycles. The van der Waals surface area contributed by atoms with Crippen molar-refractivity contribution in [3.63, 3.8) is 0 Å². The standard InChI is InChI=1S/C22H24N2O3/c1-2-3-14-24-20(26)22(19(25)23-21(24)27,15-17-10-6-4-7-11-17)16-18-12-8-5-9-13-18/h4-13H,2-3,14-16H2,1H3,(H,23,25,27). The minimum Gasteiger partial charge on any atom is -0.277 e. The number of benzene rings is 2. The molecule has 0 bridgehead atoms. The monoisotopic (exact) mass is 364 g/mol. The normalized spacial score (nSPS) is 16.3. The fourth-order valence-electron chi connectivity index (χ4n) is 3.51. The molecule has 27 heavy (non-hydrogen) atoms. The van der Waals surface area contributed by atoms with Crippen LogP contribution in [-0.4, -0.2) is 29.3 Å². The number of nitrogens with zero attached hydrogens (tertiary/aromatic N) is 1. The van der Waals surface area contributed by atoms with Gasteiger partial charge >= 0.3 is 6.03 Å². The predicted molar refractivity (Wildman–Crippen MR) is 103 cm³/mol. The maximum absolute atomic E-state index is 13.4. The lowest BCUT2D eigenvalue weighted by Crippen LogP contribution is -2.65. The number of hydrogen-bond donors (Lipinski definition) is 1. The van der Waals surface area contributed by atoms with Crippen LogP contribution in [0.3, 0.4) is 0 Å². The van der Waals surface area contributed by atoms with Gasteiger partial charge in [-0.15, -0.1) is 0 Å². The van der Waals surface area contributed by atoms with Gasteiger partial charge in [0.1, 0.15) is 5.41 Å². The van der Waals surface area contributed by atoms with E-state index in [-0.39, 0.29) is 12.8 Å². The summed E-state index contributed by atoms with van der Waals surface area (Å²) in [5.74, 6) is -0.921. The molecule has 2 aromatic carbocycles. The summed E-state index contributed by atoms with van der Waals surface area (Å²) in [6.45, 7) is 2.32. The van der Waals surface area contributed by atoms with E-state index in [2.05, 4.69) is 5.32 Å². The van der Waals surface area contributed by atoms with Gasteiger partial charge in [-0.25, -0.2) is 4.79 Å². The summed E-state index contributed by atoms with van der Waals surface area (Å²) in [5.41, 5.74) is 0.452. The van der Waals surface area contributed by atoms with Crippen LogP contribution in [0.25, 0.3) is 0 Å². The Labute approximate surface area is 159 Å². The first-order valence-corrected chi connectivity index (χ1v) is 9.32. The molecule has 0 aromatic heterocycles. The maximum Gasteiger partial charge on any atom is 0.330 e. The molecule has 1 saturated heterocycles. The number of carbonyl (C=O) groups excluding carboxylic acids is 3. The van der Waals surface area contributed by atoms with E-state index >= 15 is 0 Å². The van der Waals surface area contributed by atoms with Gasteiger partial charge in [-0.1, -0.05) is 74.0 Å². The molecule has 1 fully saturated rings. The maximum atomic E-state index is 13.4. The Morgan fingerprint density at radius 3 is 1.85 bits per heavy atom. The fraction of sp³-hybridized carbons (Fsp3) is 0.318. The van der Waals surface area contributed by atoms with Crippen molar-refractivity contribution in [3.8, 4) is 0 Å². The molecule has 3 rings (SSSR count). The van der Waals surface area contributed by atoms with Crippen LogP contribution in [0.15, 0.2) is 60.7 Å². The van der Waals surface area contributed by atoms with Crippen molar-refractivity contribution in [1.29, 1.82) is 0 Å². The first-order valence-electron chi connectivity index (χ1n) is 9.32. The highest BCUT2D eigenvalue weighted by Crippen LogP contribution is 2.34. The molecular weight excluding hydrogens is 340 g/mol. The molecule has 1 aliphatic rings. The highest BCUT2D eigenvalue weighted by Gasteiger charge is 2.53. The highest BCUT2D eigenvalue weighted by atomic mass is 16.2. The summed E-state index contributed by atoms with van der Waals surface area (Å²) in [4.78, 5) is 39.9. The smallest absolute Gasteiger partial charge is 0.277 e. The third-order valence-corrected chi connectivity index (χ3v) is 4.99. The quantitative estimate of drug-likeness (QED) is 0.766. The number of urea groups is 1. The number of carbonyl (C=O) groups is 3. The van der Waals surface area contributed by atoms with Gasteiger partial charge in [0.15, 0.2) is 0 Å². The number of barbiturate groups is 1. The van der Waals surface area contributed by atoms with Crippen molar-refractivity contribution in [2.45, 2.75) is 32.6 Å². The topological polar surface area (TPSA) is 66.5 Å². The van der Waals surface area contributed by atoms with Crippen LogP contribution < -0.4 is 5.32 Å². The third kappa shape index (κ3) is 3.92.